The molecule has 100 valence electrons. The van der Waals surface area contributed by atoms with E-state index in [0.29, 0.717) is 17.1 Å². The Bertz CT molecular complexity index is 617. The van der Waals surface area contributed by atoms with Crippen LogP contribution >= 0.6 is 11.3 Å². The maximum Gasteiger partial charge on any atom is 0.312 e. The van der Waals surface area contributed by atoms with Gasteiger partial charge in [0.1, 0.15) is 6.29 Å². The van der Waals surface area contributed by atoms with Crippen LogP contribution < -0.4 is 9.47 Å². The molecule has 0 saturated heterocycles. The van der Waals surface area contributed by atoms with E-state index < -0.39 is 5.97 Å². The van der Waals surface area contributed by atoms with Gasteiger partial charge in [0, 0.05) is 28.6 Å². The molecular formula is C13H12O5S. The fourth-order valence-electron chi connectivity index (χ4n) is 1.59. The second-order valence-electron chi connectivity index (χ2n) is 3.81. The van der Waals surface area contributed by atoms with E-state index in [4.69, 9.17) is 9.47 Å². The lowest BCUT2D eigenvalue weighted by molar-refractivity contribution is -0.135. The highest BCUT2D eigenvalue weighted by Gasteiger charge is 2.11. The van der Waals surface area contributed by atoms with Crippen molar-refractivity contribution in [2.75, 3.05) is 7.11 Å². The Labute approximate surface area is 113 Å². The maximum absolute atomic E-state index is 11.4. The van der Waals surface area contributed by atoms with Crippen molar-refractivity contribution in [2.24, 2.45) is 0 Å². The van der Waals surface area contributed by atoms with E-state index in [1.807, 2.05) is 0 Å². The molecule has 1 aromatic carbocycles. The van der Waals surface area contributed by atoms with Gasteiger partial charge in [-0.3, -0.25) is 4.79 Å². The minimum absolute atomic E-state index is 0.0339. The second kappa shape index (κ2) is 5.71. The number of phenolic OH excluding ortho intramolecular Hbond substituents is 1. The summed E-state index contributed by atoms with van der Waals surface area (Å²) in [5, 5.41) is 10.8. The summed E-state index contributed by atoms with van der Waals surface area (Å²) in [6.07, 6.45) is 0.889. The van der Waals surface area contributed by atoms with E-state index in [1.165, 1.54) is 18.4 Å². The van der Waals surface area contributed by atoms with Gasteiger partial charge in [0.15, 0.2) is 16.6 Å². The largest absolute Gasteiger partial charge is 0.504 e. The molecule has 1 heterocycles. The van der Waals surface area contributed by atoms with E-state index in [2.05, 4.69) is 0 Å². The number of thiophene rings is 1. The third-order valence-electron chi connectivity index (χ3n) is 2.48. The van der Waals surface area contributed by atoms with Crippen molar-refractivity contribution < 1.29 is 24.2 Å². The zero-order valence-corrected chi connectivity index (χ0v) is 11.0. The first-order valence-corrected chi connectivity index (χ1v) is 6.40. The molecular weight excluding hydrogens is 268 g/mol. The number of hydrogen-bond donors (Lipinski definition) is 1. The van der Waals surface area contributed by atoms with Crippen LogP contribution in [0.5, 0.6) is 16.6 Å². The van der Waals surface area contributed by atoms with Crippen LogP contribution in [0.1, 0.15) is 12.8 Å². The van der Waals surface area contributed by atoms with Crippen LogP contribution in [0.3, 0.4) is 0 Å². The van der Waals surface area contributed by atoms with Crippen molar-refractivity contribution in [3.05, 3.63) is 18.2 Å². The molecule has 2 aromatic rings. The minimum Gasteiger partial charge on any atom is -0.504 e. The van der Waals surface area contributed by atoms with Crippen LogP contribution in [0.25, 0.3) is 10.1 Å². The number of aromatic hydroxyl groups is 1. The lowest BCUT2D eigenvalue weighted by Gasteiger charge is -2.01. The van der Waals surface area contributed by atoms with Crippen LogP contribution in [0.2, 0.25) is 0 Å². The topological polar surface area (TPSA) is 72.8 Å². The predicted octanol–water partition coefficient (Wildman–Crippen LogP) is 2.50. The highest BCUT2D eigenvalue weighted by molar-refractivity contribution is 7.20. The van der Waals surface area contributed by atoms with Gasteiger partial charge < -0.3 is 19.4 Å². The third-order valence-corrected chi connectivity index (χ3v) is 3.45. The zero-order valence-electron chi connectivity index (χ0n) is 10.2. The predicted molar refractivity (Wildman–Crippen MR) is 71.0 cm³/mol. The molecule has 0 amide bonds. The number of carbonyl (C=O) groups excluding carboxylic acids is 2. The molecule has 0 unspecified atom stereocenters. The van der Waals surface area contributed by atoms with E-state index >= 15 is 0 Å². The van der Waals surface area contributed by atoms with Crippen LogP contribution in [-0.4, -0.2) is 24.5 Å². The van der Waals surface area contributed by atoms with Gasteiger partial charge in [0.2, 0.25) is 0 Å². The number of phenols is 1. The SMILES string of the molecule is COc1cc2sc(OC(=O)CCC=O)cc2cc1O. The Morgan fingerprint density at radius 3 is 2.89 bits per heavy atom. The fourth-order valence-corrected chi connectivity index (χ4v) is 2.52. The zero-order chi connectivity index (χ0) is 13.8. The highest BCUT2D eigenvalue weighted by Crippen LogP contribution is 2.38. The first kappa shape index (κ1) is 13.4. The van der Waals surface area contributed by atoms with E-state index in [0.717, 1.165) is 10.1 Å². The molecule has 0 spiro atoms. The second-order valence-corrected chi connectivity index (χ2v) is 4.85. The van der Waals surface area contributed by atoms with Gasteiger partial charge in [-0.1, -0.05) is 11.3 Å². The molecule has 0 saturated carbocycles. The highest BCUT2D eigenvalue weighted by atomic mass is 32.1. The number of methoxy groups -OCH3 is 1. The first-order chi connectivity index (χ1) is 9.13. The minimum atomic E-state index is -0.449. The summed E-state index contributed by atoms with van der Waals surface area (Å²) >= 11 is 1.27. The first-order valence-electron chi connectivity index (χ1n) is 5.59. The molecule has 5 nitrogen and oxygen atoms in total. The summed E-state index contributed by atoms with van der Waals surface area (Å²) in [7, 11) is 1.47. The Balaban J connectivity index is 2.21. The fraction of sp³-hybridized carbons (Fsp3) is 0.231. The molecule has 0 aliphatic heterocycles. The van der Waals surface area contributed by atoms with Crippen molar-refractivity contribution in [1.29, 1.82) is 0 Å². The van der Waals surface area contributed by atoms with Crippen LogP contribution in [0.15, 0.2) is 18.2 Å². The molecule has 0 aliphatic carbocycles. The molecule has 1 N–H and O–H groups in total. The molecule has 0 radical (unpaired) electrons. The Morgan fingerprint density at radius 2 is 2.21 bits per heavy atom. The third kappa shape index (κ3) is 3.03. The lowest BCUT2D eigenvalue weighted by atomic mass is 10.2. The van der Waals surface area contributed by atoms with Crippen molar-refractivity contribution in [1.82, 2.24) is 0 Å². The van der Waals surface area contributed by atoms with Crippen molar-refractivity contribution >= 4 is 33.7 Å². The summed E-state index contributed by atoms with van der Waals surface area (Å²) in [5.74, 6) is -0.0466. The number of ether oxygens (including phenoxy) is 2. The Morgan fingerprint density at radius 1 is 1.42 bits per heavy atom. The standard InChI is InChI=1S/C13H12O5S/c1-17-10-7-11-8(5-9(10)15)6-13(19-11)18-12(16)3-2-4-14/h4-7,15H,2-3H2,1H3. The molecule has 0 atom stereocenters. The van der Waals surface area contributed by atoms with Crippen molar-refractivity contribution in [3.63, 3.8) is 0 Å². The molecule has 0 fully saturated rings. The lowest BCUT2D eigenvalue weighted by Crippen LogP contribution is -2.06. The van der Waals surface area contributed by atoms with Gasteiger partial charge in [-0.2, -0.15) is 0 Å². The van der Waals surface area contributed by atoms with Gasteiger partial charge >= 0.3 is 5.97 Å². The molecule has 1 aromatic heterocycles. The summed E-state index contributed by atoms with van der Waals surface area (Å²) in [6.45, 7) is 0. The molecule has 2 rings (SSSR count). The number of rotatable bonds is 5. The van der Waals surface area contributed by atoms with Crippen LogP contribution in [0, 0.1) is 0 Å². The molecule has 0 bridgehead atoms. The number of aldehydes is 1. The smallest absolute Gasteiger partial charge is 0.312 e. The quantitative estimate of drug-likeness (QED) is 0.673. The number of carbonyl (C=O) groups is 2. The maximum atomic E-state index is 11.4. The van der Waals surface area contributed by atoms with Crippen LogP contribution in [-0.2, 0) is 9.59 Å². The van der Waals surface area contributed by atoms with Gasteiger partial charge in [0.05, 0.1) is 13.5 Å². The summed E-state index contributed by atoms with van der Waals surface area (Å²) in [6, 6.07) is 4.89. The average molecular weight is 280 g/mol. The number of hydrogen-bond acceptors (Lipinski definition) is 6. The molecule has 0 aliphatic rings. The Hall–Kier alpha value is -2.08. The monoisotopic (exact) mass is 280 g/mol. The molecule has 19 heavy (non-hydrogen) atoms. The van der Waals surface area contributed by atoms with Crippen molar-refractivity contribution in [3.8, 4) is 16.6 Å². The number of benzene rings is 1. The van der Waals surface area contributed by atoms with Gasteiger partial charge in [0.25, 0.3) is 0 Å². The number of fused-ring (bicyclic) bond motifs is 1. The summed E-state index contributed by atoms with van der Waals surface area (Å²) in [4.78, 5) is 21.6. The van der Waals surface area contributed by atoms with E-state index in [9.17, 15) is 14.7 Å². The average Bonchev–Trinajstić information content (AvgIpc) is 2.76. The Kier molecular flexibility index (Phi) is 4.01. The van der Waals surface area contributed by atoms with E-state index in [-0.39, 0.29) is 18.6 Å². The van der Waals surface area contributed by atoms with Gasteiger partial charge in [-0.25, -0.2) is 0 Å². The van der Waals surface area contributed by atoms with E-state index in [1.54, 1.807) is 18.2 Å². The van der Waals surface area contributed by atoms with Gasteiger partial charge in [-0.15, -0.1) is 0 Å². The van der Waals surface area contributed by atoms with Crippen molar-refractivity contribution in [2.45, 2.75) is 12.8 Å². The number of esters is 1. The normalized spacial score (nSPS) is 10.4. The van der Waals surface area contributed by atoms with Gasteiger partial charge in [-0.05, 0) is 6.07 Å². The summed E-state index contributed by atoms with van der Waals surface area (Å²) in [5.41, 5.74) is 0. The van der Waals surface area contributed by atoms with Crippen LogP contribution in [0.4, 0.5) is 0 Å². The molecule has 6 heteroatoms. The summed E-state index contributed by atoms with van der Waals surface area (Å²) < 4.78 is 11.0.